The molecule has 0 amide bonds. The summed E-state index contributed by atoms with van der Waals surface area (Å²) in [5.41, 5.74) is 7.11. The lowest BCUT2D eigenvalue weighted by Crippen LogP contribution is -2.41. The molecule has 0 saturated carbocycles. The van der Waals surface area contributed by atoms with E-state index in [2.05, 4.69) is 5.32 Å². The largest absolute Gasteiger partial charge is 0.480 e. The average molecular weight is 459 g/mol. The van der Waals surface area contributed by atoms with Crippen molar-refractivity contribution in [2.45, 2.75) is 59.2 Å². The number of benzene rings is 2. The van der Waals surface area contributed by atoms with Gasteiger partial charge in [0.1, 0.15) is 18.4 Å². The zero-order valence-corrected chi connectivity index (χ0v) is 20.0. The van der Waals surface area contributed by atoms with E-state index in [4.69, 9.17) is 15.9 Å². The van der Waals surface area contributed by atoms with Gasteiger partial charge < -0.3 is 21.3 Å². The second-order valence-electron chi connectivity index (χ2n) is 7.85. The highest BCUT2D eigenvalue weighted by Crippen LogP contribution is 2.09. The fourth-order valence-electron chi connectivity index (χ4n) is 2.62. The van der Waals surface area contributed by atoms with Gasteiger partial charge in [0.25, 0.3) is 0 Å². The van der Waals surface area contributed by atoms with Crippen LogP contribution in [0.25, 0.3) is 0 Å². The maximum Gasteiger partial charge on any atom is 0.320 e. The summed E-state index contributed by atoms with van der Waals surface area (Å²) in [4.78, 5) is 31.2. The molecule has 182 valence electrons. The van der Waals surface area contributed by atoms with Crippen molar-refractivity contribution in [2.75, 3.05) is 0 Å². The first-order valence-electron chi connectivity index (χ1n) is 11.2. The van der Waals surface area contributed by atoms with Gasteiger partial charge in [-0.1, -0.05) is 101 Å². The molecule has 0 aliphatic rings. The Morgan fingerprint density at radius 3 is 1.70 bits per heavy atom. The van der Waals surface area contributed by atoms with E-state index in [1.165, 1.54) is 0 Å². The lowest BCUT2D eigenvalue weighted by atomic mass is 9.99. The molecule has 2 rings (SSSR count). The maximum absolute atomic E-state index is 11.1. The minimum atomic E-state index is -0.913. The van der Waals surface area contributed by atoms with Crippen molar-refractivity contribution in [1.82, 2.24) is 5.32 Å². The van der Waals surface area contributed by atoms with E-state index < -0.39 is 24.0 Å². The standard InChI is InChI=1S/C13H19NO2.C7H6O.C6H13NO2/c1-3-10(2)12(13(15)16)14-9-11-7-5-4-6-8-11;8-6-7-4-2-1-3-5-7;1-3-4(2)5(7)6(8)9/h4-8,10,12,14H,3,9H2,1-2H3,(H,15,16);1-6H;4-5H,3,7H2,1-2H3,(H,8,9)/t10-,12-;;4-,5-/m0.0/s1. The second kappa shape index (κ2) is 17.5. The van der Waals surface area contributed by atoms with Crippen LogP contribution in [0.4, 0.5) is 0 Å². The normalized spacial score (nSPS) is 13.6. The molecule has 0 unspecified atom stereocenters. The highest BCUT2D eigenvalue weighted by molar-refractivity contribution is 5.74. The van der Waals surface area contributed by atoms with E-state index >= 15 is 0 Å². The highest BCUT2D eigenvalue weighted by Gasteiger charge is 2.22. The Hall–Kier alpha value is -3.03. The van der Waals surface area contributed by atoms with Gasteiger partial charge in [-0.15, -0.1) is 0 Å². The molecule has 0 fully saturated rings. The molecule has 2 aromatic rings. The highest BCUT2D eigenvalue weighted by atomic mass is 16.4. The van der Waals surface area contributed by atoms with Crippen LogP contribution in [0.1, 0.15) is 56.5 Å². The van der Waals surface area contributed by atoms with Gasteiger partial charge in [-0.2, -0.15) is 0 Å². The number of carboxylic acids is 2. The first-order chi connectivity index (χ1) is 15.7. The topological polar surface area (TPSA) is 130 Å². The third kappa shape index (κ3) is 13.2. The molecule has 4 atom stereocenters. The van der Waals surface area contributed by atoms with Crippen molar-refractivity contribution in [3.63, 3.8) is 0 Å². The van der Waals surface area contributed by atoms with Crippen LogP contribution in [-0.2, 0) is 16.1 Å². The number of rotatable bonds is 10. The van der Waals surface area contributed by atoms with E-state index in [1.807, 2.05) is 76.2 Å². The Kier molecular flexibility index (Phi) is 15.9. The Labute approximate surface area is 197 Å². The first kappa shape index (κ1) is 30.0. The lowest BCUT2D eigenvalue weighted by molar-refractivity contribution is -0.141. The molecule has 0 aliphatic carbocycles. The molecule has 7 heteroatoms. The van der Waals surface area contributed by atoms with Crippen molar-refractivity contribution >= 4 is 18.2 Å². The van der Waals surface area contributed by atoms with Crippen molar-refractivity contribution in [2.24, 2.45) is 17.6 Å². The van der Waals surface area contributed by atoms with Gasteiger partial charge in [-0.05, 0) is 17.4 Å². The van der Waals surface area contributed by atoms with Crippen molar-refractivity contribution < 1.29 is 24.6 Å². The number of aldehydes is 1. The predicted molar refractivity (Wildman–Crippen MR) is 131 cm³/mol. The summed E-state index contributed by atoms with van der Waals surface area (Å²) in [5.74, 6) is -1.47. The summed E-state index contributed by atoms with van der Waals surface area (Å²) in [6.07, 6.45) is 2.51. The van der Waals surface area contributed by atoms with Gasteiger partial charge in [0.15, 0.2) is 0 Å². The summed E-state index contributed by atoms with van der Waals surface area (Å²) in [6.45, 7) is 8.32. The molecular formula is C26H38N2O5. The second-order valence-corrected chi connectivity index (χ2v) is 7.85. The molecular weight excluding hydrogens is 420 g/mol. The summed E-state index contributed by atoms with van der Waals surface area (Å²) in [5, 5.41) is 20.5. The number of carbonyl (C=O) groups excluding carboxylic acids is 1. The number of hydrogen-bond donors (Lipinski definition) is 4. The molecule has 7 nitrogen and oxygen atoms in total. The maximum atomic E-state index is 11.1. The number of nitrogens with one attached hydrogen (secondary N) is 1. The first-order valence-corrected chi connectivity index (χ1v) is 11.2. The van der Waals surface area contributed by atoms with Gasteiger partial charge in [0.2, 0.25) is 0 Å². The number of aliphatic carboxylic acids is 2. The quantitative estimate of drug-likeness (QED) is 0.392. The molecule has 5 N–H and O–H groups in total. The van der Waals surface area contributed by atoms with Crippen LogP contribution in [0.2, 0.25) is 0 Å². The zero-order chi connectivity index (χ0) is 25.2. The number of nitrogens with two attached hydrogens (primary N) is 1. The lowest BCUT2D eigenvalue weighted by Gasteiger charge is -2.20. The molecule has 0 radical (unpaired) electrons. The summed E-state index contributed by atoms with van der Waals surface area (Å²) in [7, 11) is 0. The average Bonchev–Trinajstić information content (AvgIpc) is 2.84. The number of hydrogen-bond acceptors (Lipinski definition) is 5. The van der Waals surface area contributed by atoms with Crippen LogP contribution in [0, 0.1) is 11.8 Å². The fraction of sp³-hybridized carbons (Fsp3) is 0.423. The van der Waals surface area contributed by atoms with Crippen LogP contribution in [0.3, 0.4) is 0 Å². The number of carbonyl (C=O) groups is 3. The molecule has 0 heterocycles. The SMILES string of the molecule is CC[C@H](C)[C@H](N)C(=O)O.CC[C@H](C)[C@H](NCc1ccccc1)C(=O)O.O=Cc1ccccc1. The Morgan fingerprint density at radius 2 is 1.36 bits per heavy atom. The third-order valence-corrected chi connectivity index (χ3v) is 5.33. The van der Waals surface area contributed by atoms with Crippen molar-refractivity contribution in [3.05, 3.63) is 71.8 Å². The van der Waals surface area contributed by atoms with Gasteiger partial charge in [-0.25, -0.2) is 0 Å². The van der Waals surface area contributed by atoms with Gasteiger partial charge in [0, 0.05) is 12.1 Å². The van der Waals surface area contributed by atoms with E-state index in [0.29, 0.717) is 6.54 Å². The Morgan fingerprint density at radius 1 is 0.879 bits per heavy atom. The van der Waals surface area contributed by atoms with Crippen molar-refractivity contribution in [1.29, 1.82) is 0 Å². The Bertz CT molecular complexity index is 799. The van der Waals surface area contributed by atoms with Crippen LogP contribution in [-0.4, -0.2) is 40.5 Å². The minimum absolute atomic E-state index is 0.0718. The van der Waals surface area contributed by atoms with E-state index in [9.17, 15) is 14.4 Å². The molecule has 2 aromatic carbocycles. The van der Waals surface area contributed by atoms with Crippen molar-refractivity contribution in [3.8, 4) is 0 Å². The van der Waals surface area contributed by atoms with Gasteiger partial charge >= 0.3 is 11.9 Å². The zero-order valence-electron chi connectivity index (χ0n) is 20.0. The minimum Gasteiger partial charge on any atom is -0.480 e. The summed E-state index contributed by atoms with van der Waals surface area (Å²) >= 11 is 0. The molecule has 0 saturated heterocycles. The van der Waals surface area contributed by atoms with E-state index in [-0.39, 0.29) is 11.8 Å². The van der Waals surface area contributed by atoms with E-state index in [1.54, 1.807) is 12.1 Å². The molecule has 33 heavy (non-hydrogen) atoms. The molecule has 0 aromatic heterocycles. The van der Waals surface area contributed by atoms with Crippen LogP contribution in [0.5, 0.6) is 0 Å². The van der Waals surface area contributed by atoms with E-state index in [0.717, 1.165) is 30.3 Å². The molecule has 0 bridgehead atoms. The Balaban J connectivity index is 0.000000510. The molecule has 0 spiro atoms. The van der Waals surface area contributed by atoms with Gasteiger partial charge in [0.05, 0.1) is 0 Å². The van der Waals surface area contributed by atoms with Gasteiger partial charge in [-0.3, -0.25) is 14.4 Å². The molecule has 0 aliphatic heterocycles. The smallest absolute Gasteiger partial charge is 0.320 e. The number of carboxylic acid groups (broad SMARTS) is 2. The monoisotopic (exact) mass is 458 g/mol. The third-order valence-electron chi connectivity index (χ3n) is 5.33. The summed E-state index contributed by atoms with van der Waals surface area (Å²) < 4.78 is 0. The van der Waals surface area contributed by atoms with Crippen LogP contribution < -0.4 is 11.1 Å². The fourth-order valence-corrected chi connectivity index (χ4v) is 2.62. The van der Waals surface area contributed by atoms with Crippen LogP contribution >= 0.6 is 0 Å². The predicted octanol–water partition coefficient (Wildman–Crippen LogP) is 4.22. The summed E-state index contributed by atoms with van der Waals surface area (Å²) in [6, 6.07) is 17.8. The van der Waals surface area contributed by atoms with Crippen LogP contribution in [0.15, 0.2) is 60.7 Å².